The van der Waals surface area contributed by atoms with Gasteiger partial charge >= 0.3 is 12.1 Å². The van der Waals surface area contributed by atoms with Crippen molar-refractivity contribution >= 4 is 17.0 Å². The number of aliphatic carboxylic acids is 1. The minimum atomic E-state index is -5.08. The Kier molecular flexibility index (Phi) is 7.51. The van der Waals surface area contributed by atoms with Gasteiger partial charge in [0.1, 0.15) is 5.82 Å². The Bertz CT molecular complexity index is 1240. The summed E-state index contributed by atoms with van der Waals surface area (Å²) >= 11 is 0. The molecule has 0 amide bonds. The number of alkyl halides is 3. The van der Waals surface area contributed by atoms with Gasteiger partial charge in [-0.3, -0.25) is 4.90 Å². The summed E-state index contributed by atoms with van der Waals surface area (Å²) in [4.78, 5) is 19.6. The van der Waals surface area contributed by atoms with E-state index in [1.165, 1.54) is 49.0 Å². The van der Waals surface area contributed by atoms with Crippen molar-refractivity contribution in [3.63, 3.8) is 0 Å². The molecule has 1 aliphatic rings. The van der Waals surface area contributed by atoms with E-state index >= 15 is 0 Å². The molecule has 1 aliphatic heterocycles. The number of benzene rings is 3. The first-order chi connectivity index (χ1) is 16.8. The van der Waals surface area contributed by atoms with Crippen molar-refractivity contribution in [3.8, 4) is 22.5 Å². The van der Waals surface area contributed by atoms with Crippen LogP contribution in [0.25, 0.3) is 33.5 Å². The van der Waals surface area contributed by atoms with Crippen LogP contribution in [-0.4, -0.2) is 45.2 Å². The van der Waals surface area contributed by atoms with Crippen LogP contribution in [0, 0.1) is 0 Å². The fraction of sp³-hybridized carbons (Fsp3) is 0.259. The predicted molar refractivity (Wildman–Crippen MR) is 130 cm³/mol. The summed E-state index contributed by atoms with van der Waals surface area (Å²) in [5.41, 5.74) is 7.13. The quantitative estimate of drug-likeness (QED) is 0.348. The molecular weight excluding hydrogens is 455 g/mol. The summed E-state index contributed by atoms with van der Waals surface area (Å²) in [5.74, 6) is -1.83. The maximum Gasteiger partial charge on any atom is 0.490 e. The van der Waals surface area contributed by atoms with Gasteiger partial charge in [0.15, 0.2) is 0 Å². The van der Waals surface area contributed by atoms with Crippen LogP contribution in [0.2, 0.25) is 0 Å². The number of aromatic amines is 1. The van der Waals surface area contributed by atoms with E-state index in [4.69, 9.17) is 14.9 Å². The molecule has 0 aliphatic carbocycles. The third-order valence-electron chi connectivity index (χ3n) is 5.91. The molecule has 35 heavy (non-hydrogen) atoms. The van der Waals surface area contributed by atoms with Crippen LogP contribution in [0.15, 0.2) is 72.8 Å². The number of halogens is 3. The summed E-state index contributed by atoms with van der Waals surface area (Å²) in [7, 11) is 0. The standard InChI is InChI=1S/C25H25N3.C2HF3O2/c1-4-15-28(16-5-1)18-19-7-6-8-22(17-19)20-11-13-21(14-12-20)25-26-23-9-2-3-10-24(23)27-25;3-2(4,5)1(6)7/h2-3,6-14,17H,1,4-5,15-16,18H2,(H,26,27);(H,6,7). The van der Waals surface area contributed by atoms with Gasteiger partial charge in [0.05, 0.1) is 11.0 Å². The number of H-pyrrole nitrogens is 1. The van der Waals surface area contributed by atoms with Crippen LogP contribution in [0.3, 0.4) is 0 Å². The maximum absolute atomic E-state index is 10.6. The average molecular weight is 482 g/mol. The van der Waals surface area contributed by atoms with Crippen LogP contribution in [0.5, 0.6) is 0 Å². The number of carboxylic acid groups (broad SMARTS) is 1. The molecule has 2 N–H and O–H groups in total. The van der Waals surface area contributed by atoms with Gasteiger partial charge in [0, 0.05) is 12.1 Å². The number of hydrogen-bond acceptors (Lipinski definition) is 3. The van der Waals surface area contributed by atoms with Gasteiger partial charge in [-0.2, -0.15) is 13.2 Å². The molecule has 0 unspecified atom stereocenters. The number of nitrogens with one attached hydrogen (secondary N) is 1. The van der Waals surface area contributed by atoms with Crippen LogP contribution in [0.1, 0.15) is 24.8 Å². The fourth-order valence-corrected chi connectivity index (χ4v) is 4.14. The van der Waals surface area contributed by atoms with Gasteiger partial charge in [-0.05, 0) is 60.8 Å². The molecule has 8 heteroatoms. The highest BCUT2D eigenvalue weighted by molar-refractivity contribution is 5.79. The van der Waals surface area contributed by atoms with E-state index in [9.17, 15) is 13.2 Å². The summed E-state index contributed by atoms with van der Waals surface area (Å²) in [6.07, 6.45) is -1.03. The minimum absolute atomic E-state index is 0.923. The number of imidazole rings is 1. The van der Waals surface area contributed by atoms with E-state index in [1.54, 1.807) is 0 Å². The fourth-order valence-electron chi connectivity index (χ4n) is 4.14. The lowest BCUT2D eigenvalue weighted by Gasteiger charge is -2.26. The van der Waals surface area contributed by atoms with Crippen molar-refractivity contribution in [2.45, 2.75) is 32.0 Å². The van der Waals surface area contributed by atoms with Gasteiger partial charge < -0.3 is 10.1 Å². The molecule has 5 rings (SSSR count). The molecule has 182 valence electrons. The van der Waals surface area contributed by atoms with Crippen LogP contribution < -0.4 is 0 Å². The zero-order valence-electron chi connectivity index (χ0n) is 19.1. The van der Waals surface area contributed by atoms with Crippen molar-refractivity contribution in [1.82, 2.24) is 14.9 Å². The molecule has 4 aromatic rings. The second-order valence-corrected chi connectivity index (χ2v) is 8.52. The molecule has 0 saturated carbocycles. The first-order valence-corrected chi connectivity index (χ1v) is 11.5. The van der Waals surface area contributed by atoms with E-state index in [2.05, 4.69) is 64.5 Å². The molecule has 2 heterocycles. The Hall–Kier alpha value is -3.65. The number of piperidine rings is 1. The zero-order valence-corrected chi connectivity index (χ0v) is 19.1. The third kappa shape index (κ3) is 6.48. The number of nitrogens with zero attached hydrogens (tertiary/aromatic N) is 2. The number of likely N-dealkylation sites (tertiary alicyclic amines) is 1. The van der Waals surface area contributed by atoms with Crippen molar-refractivity contribution in [3.05, 3.63) is 78.4 Å². The molecule has 0 radical (unpaired) electrons. The number of rotatable bonds is 4. The lowest BCUT2D eigenvalue weighted by molar-refractivity contribution is -0.192. The highest BCUT2D eigenvalue weighted by Gasteiger charge is 2.38. The summed E-state index contributed by atoms with van der Waals surface area (Å²) in [6, 6.07) is 25.8. The third-order valence-corrected chi connectivity index (χ3v) is 5.91. The molecule has 5 nitrogen and oxygen atoms in total. The summed E-state index contributed by atoms with van der Waals surface area (Å²) in [5, 5.41) is 7.12. The summed E-state index contributed by atoms with van der Waals surface area (Å²) < 4.78 is 31.7. The van der Waals surface area contributed by atoms with Gasteiger partial charge in [0.2, 0.25) is 0 Å². The zero-order chi connectivity index (χ0) is 24.8. The van der Waals surface area contributed by atoms with Crippen molar-refractivity contribution in [1.29, 1.82) is 0 Å². The van der Waals surface area contributed by atoms with E-state index in [0.717, 1.165) is 29.0 Å². The lowest BCUT2D eigenvalue weighted by Crippen LogP contribution is -2.29. The average Bonchev–Trinajstić information content (AvgIpc) is 3.29. The van der Waals surface area contributed by atoms with Crippen molar-refractivity contribution in [2.24, 2.45) is 0 Å². The molecule has 0 spiro atoms. The molecule has 1 aromatic heterocycles. The topological polar surface area (TPSA) is 69.2 Å². The van der Waals surface area contributed by atoms with E-state index in [-0.39, 0.29) is 0 Å². The van der Waals surface area contributed by atoms with Gasteiger partial charge in [-0.15, -0.1) is 0 Å². The molecule has 3 aromatic carbocycles. The number of aromatic nitrogens is 2. The predicted octanol–water partition coefficient (Wildman–Crippen LogP) is 6.52. The molecule has 0 atom stereocenters. The Morgan fingerprint density at radius 3 is 2.20 bits per heavy atom. The van der Waals surface area contributed by atoms with Crippen LogP contribution >= 0.6 is 0 Å². The molecule has 0 bridgehead atoms. The minimum Gasteiger partial charge on any atom is -0.475 e. The number of hydrogen-bond donors (Lipinski definition) is 2. The number of para-hydroxylation sites is 2. The SMILES string of the molecule is O=C(O)C(F)(F)F.c1cc(CN2CCCCC2)cc(-c2ccc(-c3nc4ccccc4[nH]3)cc2)c1. The Labute approximate surface area is 201 Å². The normalized spacial score (nSPS) is 14.4. The van der Waals surface area contributed by atoms with E-state index < -0.39 is 12.1 Å². The number of fused-ring (bicyclic) bond motifs is 1. The molecule has 1 fully saturated rings. The monoisotopic (exact) mass is 481 g/mol. The van der Waals surface area contributed by atoms with E-state index in [1.807, 2.05) is 18.2 Å². The Balaban J connectivity index is 0.000000364. The molecular formula is C27H26F3N3O2. The van der Waals surface area contributed by atoms with Crippen LogP contribution in [0.4, 0.5) is 13.2 Å². The highest BCUT2D eigenvalue weighted by Crippen LogP contribution is 2.26. The van der Waals surface area contributed by atoms with E-state index in [0.29, 0.717) is 0 Å². The second kappa shape index (κ2) is 10.7. The Morgan fingerprint density at radius 1 is 0.886 bits per heavy atom. The molecule has 1 saturated heterocycles. The largest absolute Gasteiger partial charge is 0.490 e. The van der Waals surface area contributed by atoms with Gasteiger partial charge in [-0.25, -0.2) is 9.78 Å². The Morgan fingerprint density at radius 2 is 1.54 bits per heavy atom. The second-order valence-electron chi connectivity index (χ2n) is 8.52. The number of carboxylic acids is 1. The maximum atomic E-state index is 10.6. The van der Waals surface area contributed by atoms with Crippen molar-refractivity contribution in [2.75, 3.05) is 13.1 Å². The van der Waals surface area contributed by atoms with Gasteiger partial charge in [-0.1, -0.05) is 61.0 Å². The first-order valence-electron chi connectivity index (χ1n) is 11.5. The van der Waals surface area contributed by atoms with Crippen LogP contribution in [-0.2, 0) is 11.3 Å². The lowest BCUT2D eigenvalue weighted by atomic mass is 10.0. The smallest absolute Gasteiger partial charge is 0.475 e. The summed E-state index contributed by atoms with van der Waals surface area (Å²) in [6.45, 7) is 3.53. The first kappa shape index (κ1) is 24.5. The highest BCUT2D eigenvalue weighted by atomic mass is 19.4. The number of carbonyl (C=O) groups is 1. The van der Waals surface area contributed by atoms with Gasteiger partial charge in [0.25, 0.3) is 0 Å². The van der Waals surface area contributed by atoms with Crippen molar-refractivity contribution < 1.29 is 23.1 Å².